The molecule has 0 fully saturated rings. The van der Waals surface area contributed by atoms with Crippen LogP contribution >= 0.6 is 0 Å². The highest BCUT2D eigenvalue weighted by Gasteiger charge is 1.90. The number of hydrogen-bond donors (Lipinski definition) is 0. The predicted octanol–water partition coefficient (Wildman–Crippen LogP) is -2.61. The van der Waals surface area contributed by atoms with E-state index in [1.54, 1.807) is 12.1 Å². The van der Waals surface area contributed by atoms with Crippen LogP contribution in [-0.4, -0.2) is 0 Å². The molecule has 0 N–H and O–H groups in total. The van der Waals surface area contributed by atoms with Crippen LogP contribution in [-0.2, 0) is 7.05 Å². The fraction of sp³-hybridized carbons (Fsp3) is 0.143. The maximum absolute atomic E-state index is 8.37. The number of nitriles is 1. The summed E-state index contributed by atoms with van der Waals surface area (Å²) in [4.78, 5) is 0. The number of aromatic nitrogens is 1. The topological polar surface area (TPSA) is 27.7 Å². The van der Waals surface area contributed by atoms with E-state index in [4.69, 9.17) is 5.26 Å². The molecule has 0 bridgehead atoms. The molecule has 0 saturated carbocycles. The summed E-state index contributed by atoms with van der Waals surface area (Å²) in [6.07, 6.45) is 3.69. The number of rotatable bonds is 0. The van der Waals surface area contributed by atoms with Gasteiger partial charge >= 0.3 is 0 Å². The van der Waals surface area contributed by atoms with Crippen molar-refractivity contribution in [3.63, 3.8) is 0 Å². The molecule has 3 heteroatoms. The molecular weight excluding hydrogens is 192 g/mol. The van der Waals surface area contributed by atoms with Crippen LogP contribution in [0.5, 0.6) is 0 Å². The molecule has 0 aromatic carbocycles. The van der Waals surface area contributed by atoms with Crippen molar-refractivity contribution in [2.24, 2.45) is 7.05 Å². The van der Waals surface area contributed by atoms with Crippen LogP contribution in [0, 0.1) is 11.3 Å². The third kappa shape index (κ3) is 2.16. The minimum atomic E-state index is 0. The molecule has 0 radical (unpaired) electrons. The van der Waals surface area contributed by atoms with Gasteiger partial charge in [0.15, 0.2) is 12.4 Å². The summed E-state index contributed by atoms with van der Waals surface area (Å²) in [5.74, 6) is 0. The quantitative estimate of drug-likeness (QED) is 0.420. The van der Waals surface area contributed by atoms with E-state index in [-0.39, 0.29) is 17.0 Å². The number of halogens is 1. The molecule has 0 amide bonds. The first-order chi connectivity index (χ1) is 4.33. The fourth-order valence-electron chi connectivity index (χ4n) is 0.576. The summed E-state index contributed by atoms with van der Waals surface area (Å²) in [6.45, 7) is 0. The van der Waals surface area contributed by atoms with Gasteiger partial charge in [0.05, 0.1) is 11.6 Å². The van der Waals surface area contributed by atoms with E-state index in [1.165, 1.54) is 0 Å². The van der Waals surface area contributed by atoms with Gasteiger partial charge < -0.3 is 17.0 Å². The van der Waals surface area contributed by atoms with E-state index in [0.29, 0.717) is 5.56 Å². The van der Waals surface area contributed by atoms with E-state index in [2.05, 4.69) is 0 Å². The maximum atomic E-state index is 8.37. The van der Waals surface area contributed by atoms with E-state index in [9.17, 15) is 0 Å². The molecule has 0 aliphatic carbocycles. The number of pyridine rings is 1. The van der Waals surface area contributed by atoms with Crippen molar-refractivity contribution < 1.29 is 21.5 Å². The van der Waals surface area contributed by atoms with Crippen LogP contribution in [0.15, 0.2) is 24.5 Å². The highest BCUT2D eigenvalue weighted by Crippen LogP contribution is 1.88. The van der Waals surface area contributed by atoms with Crippen LogP contribution in [0.1, 0.15) is 5.56 Å². The Kier molecular flexibility index (Phi) is 3.67. The van der Waals surface area contributed by atoms with Gasteiger partial charge in [0.25, 0.3) is 0 Å². The first kappa shape index (κ1) is 9.12. The van der Waals surface area contributed by atoms with Crippen molar-refractivity contribution in [1.29, 1.82) is 5.26 Å². The van der Waals surface area contributed by atoms with Gasteiger partial charge in [-0.1, -0.05) is 0 Å². The van der Waals surface area contributed by atoms with E-state index >= 15 is 0 Å². The molecule has 0 unspecified atom stereocenters. The monoisotopic (exact) mass is 198 g/mol. The second-order valence-corrected chi connectivity index (χ2v) is 1.86. The van der Waals surface area contributed by atoms with Crippen molar-refractivity contribution >= 4 is 0 Å². The van der Waals surface area contributed by atoms with E-state index in [0.717, 1.165) is 0 Å². The predicted molar refractivity (Wildman–Crippen MR) is 32.3 cm³/mol. The molecule has 1 rings (SSSR count). The molecule has 0 aliphatic heterocycles. The highest BCUT2D eigenvalue weighted by atomic mass is 79.9. The largest absolute Gasteiger partial charge is 1.00 e. The fourth-order valence-corrected chi connectivity index (χ4v) is 0.576. The molecule has 0 spiro atoms. The molecular formula is C7H7BrN2. The highest BCUT2D eigenvalue weighted by molar-refractivity contribution is 5.23. The molecule has 1 aromatic rings. The maximum Gasteiger partial charge on any atom is 0.169 e. The molecule has 0 aliphatic rings. The summed E-state index contributed by atoms with van der Waals surface area (Å²) in [5, 5.41) is 8.37. The Morgan fingerprint density at radius 2 is 1.90 bits per heavy atom. The zero-order valence-electron chi connectivity index (χ0n) is 5.58. The normalized spacial score (nSPS) is 7.60. The summed E-state index contributed by atoms with van der Waals surface area (Å²) in [5.41, 5.74) is 0.702. The summed E-state index contributed by atoms with van der Waals surface area (Å²) in [6, 6.07) is 5.60. The Balaban J connectivity index is 0.000000810. The second-order valence-electron chi connectivity index (χ2n) is 1.86. The summed E-state index contributed by atoms with van der Waals surface area (Å²) >= 11 is 0. The standard InChI is InChI=1S/C7H7N2.BrH/c1-9-4-2-7(6-8)3-5-9;/h2-5H,1H3;1H/q+1;/p-1. The summed E-state index contributed by atoms with van der Waals surface area (Å²) < 4.78 is 1.89. The third-order valence-electron chi connectivity index (χ3n) is 1.11. The lowest BCUT2D eigenvalue weighted by Gasteiger charge is -1.83. The van der Waals surface area contributed by atoms with Crippen LogP contribution in [0.3, 0.4) is 0 Å². The average molecular weight is 199 g/mol. The van der Waals surface area contributed by atoms with E-state index in [1.807, 2.05) is 30.1 Å². The van der Waals surface area contributed by atoms with Crippen molar-refractivity contribution in [3.8, 4) is 6.07 Å². The lowest BCUT2D eigenvalue weighted by molar-refractivity contribution is -0.671. The van der Waals surface area contributed by atoms with Crippen molar-refractivity contribution in [2.75, 3.05) is 0 Å². The van der Waals surface area contributed by atoms with Gasteiger partial charge in [-0.2, -0.15) is 5.26 Å². The Labute approximate surface area is 70.5 Å². The van der Waals surface area contributed by atoms with Crippen molar-refractivity contribution in [1.82, 2.24) is 0 Å². The van der Waals surface area contributed by atoms with Crippen LogP contribution in [0.4, 0.5) is 0 Å². The molecule has 1 heterocycles. The van der Waals surface area contributed by atoms with E-state index < -0.39 is 0 Å². The van der Waals surface area contributed by atoms with Crippen molar-refractivity contribution in [2.45, 2.75) is 0 Å². The second kappa shape index (κ2) is 4.02. The SMILES string of the molecule is C[n+]1ccc(C#N)cc1.[Br-]. The minimum absolute atomic E-state index is 0. The third-order valence-corrected chi connectivity index (χ3v) is 1.11. The zero-order chi connectivity index (χ0) is 6.69. The van der Waals surface area contributed by atoms with Gasteiger partial charge in [0.1, 0.15) is 7.05 Å². The summed E-state index contributed by atoms with van der Waals surface area (Å²) in [7, 11) is 1.92. The van der Waals surface area contributed by atoms with Gasteiger partial charge in [-0.05, 0) is 0 Å². The first-order valence-electron chi connectivity index (χ1n) is 2.68. The van der Waals surface area contributed by atoms with Gasteiger partial charge in [-0.3, -0.25) is 0 Å². The number of hydrogen-bond acceptors (Lipinski definition) is 1. The Morgan fingerprint density at radius 3 is 2.30 bits per heavy atom. The minimum Gasteiger partial charge on any atom is -1.00 e. The van der Waals surface area contributed by atoms with Crippen LogP contribution < -0.4 is 21.5 Å². The Morgan fingerprint density at radius 1 is 1.40 bits per heavy atom. The molecule has 10 heavy (non-hydrogen) atoms. The lowest BCUT2D eigenvalue weighted by atomic mass is 10.3. The first-order valence-corrected chi connectivity index (χ1v) is 2.68. The lowest BCUT2D eigenvalue weighted by Crippen LogP contribution is -3.00. The molecule has 52 valence electrons. The van der Waals surface area contributed by atoms with Crippen molar-refractivity contribution in [3.05, 3.63) is 30.1 Å². The molecule has 2 nitrogen and oxygen atoms in total. The zero-order valence-corrected chi connectivity index (χ0v) is 7.17. The Bertz CT molecular complexity index is 235. The van der Waals surface area contributed by atoms with Crippen LogP contribution in [0.2, 0.25) is 0 Å². The average Bonchev–Trinajstić information content (AvgIpc) is 1.90. The molecule has 0 saturated heterocycles. The van der Waals surface area contributed by atoms with Gasteiger partial charge in [0.2, 0.25) is 0 Å². The number of aryl methyl sites for hydroxylation is 1. The van der Waals surface area contributed by atoms with Gasteiger partial charge in [0, 0.05) is 12.1 Å². The van der Waals surface area contributed by atoms with Gasteiger partial charge in [-0.15, -0.1) is 0 Å². The Hall–Kier alpha value is -0.880. The van der Waals surface area contributed by atoms with Gasteiger partial charge in [-0.25, -0.2) is 4.57 Å². The molecule has 1 aromatic heterocycles. The number of nitrogens with zero attached hydrogens (tertiary/aromatic N) is 2. The van der Waals surface area contributed by atoms with Crippen LogP contribution in [0.25, 0.3) is 0 Å². The molecule has 0 atom stereocenters. The smallest absolute Gasteiger partial charge is 0.169 e.